The molecular weight excluding hydrogens is 460 g/mol. The van der Waals surface area contributed by atoms with Gasteiger partial charge >= 0.3 is 12.0 Å². The number of sulfone groups is 1. The van der Waals surface area contributed by atoms with Crippen LogP contribution in [0.4, 0.5) is 4.79 Å². The third kappa shape index (κ3) is 5.17. The number of ether oxygens (including phenoxy) is 2. The van der Waals surface area contributed by atoms with Crippen molar-refractivity contribution < 1.29 is 32.6 Å². The molecule has 1 heterocycles. The fraction of sp³-hybridized carbons (Fsp3) is 0.333. The number of hydrogen-bond donors (Lipinski definition) is 3. The van der Waals surface area contributed by atoms with Crippen LogP contribution in [0.3, 0.4) is 0 Å². The number of esters is 1. The Hall–Kier alpha value is -3.53. The summed E-state index contributed by atoms with van der Waals surface area (Å²) in [7, 11) is -1.39. The lowest BCUT2D eigenvalue weighted by Gasteiger charge is -2.29. The van der Waals surface area contributed by atoms with Gasteiger partial charge < -0.3 is 25.2 Å². The normalized spacial score (nSPS) is 16.5. The van der Waals surface area contributed by atoms with Crippen LogP contribution in [0.5, 0.6) is 11.5 Å². The monoisotopic (exact) mass is 488 g/mol. The zero-order valence-electron chi connectivity index (χ0n) is 19.6. The highest BCUT2D eigenvalue weighted by Gasteiger charge is 2.36. The molecule has 3 N–H and O–H groups in total. The van der Waals surface area contributed by atoms with Crippen LogP contribution < -0.4 is 15.4 Å². The van der Waals surface area contributed by atoms with Crippen LogP contribution in [0.2, 0.25) is 0 Å². The molecule has 3 rings (SSSR count). The second-order valence-electron chi connectivity index (χ2n) is 8.88. The van der Waals surface area contributed by atoms with Gasteiger partial charge in [0.25, 0.3) is 0 Å². The van der Waals surface area contributed by atoms with Gasteiger partial charge in [-0.05, 0) is 40.8 Å². The van der Waals surface area contributed by atoms with Gasteiger partial charge in [0.1, 0.15) is 0 Å². The number of aromatic hydroxyl groups is 1. The first kappa shape index (κ1) is 25.1. The van der Waals surface area contributed by atoms with Gasteiger partial charge in [-0.3, -0.25) is 0 Å². The molecule has 0 spiro atoms. The smallest absolute Gasteiger partial charge is 0.338 e. The molecule has 0 bridgehead atoms. The summed E-state index contributed by atoms with van der Waals surface area (Å²) in [6.45, 7) is 6.06. The van der Waals surface area contributed by atoms with Crippen molar-refractivity contribution in [2.75, 3.05) is 20.0 Å². The van der Waals surface area contributed by atoms with Crippen molar-refractivity contribution in [3.8, 4) is 11.5 Å². The summed E-state index contributed by atoms with van der Waals surface area (Å²) in [4.78, 5) is 25.2. The molecule has 1 atom stereocenters. The minimum Gasteiger partial charge on any atom is -0.504 e. The highest BCUT2D eigenvalue weighted by Crippen LogP contribution is 2.34. The van der Waals surface area contributed by atoms with Gasteiger partial charge in [0, 0.05) is 5.70 Å². The van der Waals surface area contributed by atoms with Crippen LogP contribution in [0, 0.1) is 0 Å². The van der Waals surface area contributed by atoms with E-state index in [9.17, 15) is 23.1 Å². The quantitative estimate of drug-likeness (QED) is 0.533. The van der Waals surface area contributed by atoms with E-state index in [1.54, 1.807) is 12.1 Å². The van der Waals surface area contributed by atoms with Crippen molar-refractivity contribution in [1.29, 1.82) is 0 Å². The summed E-state index contributed by atoms with van der Waals surface area (Å²) in [6, 6.07) is 9.11. The molecule has 10 heteroatoms. The summed E-state index contributed by atoms with van der Waals surface area (Å²) in [6.07, 6.45) is 0. The summed E-state index contributed by atoms with van der Waals surface area (Å²) >= 11 is 0. The predicted molar refractivity (Wildman–Crippen MR) is 125 cm³/mol. The average Bonchev–Trinajstić information content (AvgIpc) is 2.77. The lowest BCUT2D eigenvalue weighted by atomic mass is 9.87. The minimum atomic E-state index is -3.92. The molecular formula is C24H28N2O7S. The standard InChI is InChI=1S/C24H28N2O7S/c1-24(2,3)15-7-9-16(10-8-15)34(30,31)13-17-20(22(28)33-5)21(26-23(29)25-17)14-6-11-18(27)19(12-14)32-4/h6-12,21,27H,13H2,1-5H3,(H2,25,26,29). The number of amides is 2. The highest BCUT2D eigenvalue weighted by atomic mass is 32.2. The molecule has 0 saturated heterocycles. The van der Waals surface area contributed by atoms with E-state index in [0.29, 0.717) is 5.56 Å². The summed E-state index contributed by atoms with van der Waals surface area (Å²) in [5.41, 5.74) is 1.06. The number of rotatable bonds is 6. The van der Waals surface area contributed by atoms with Gasteiger partial charge in [-0.15, -0.1) is 0 Å². The number of nitrogens with one attached hydrogen (secondary N) is 2. The van der Waals surface area contributed by atoms with Gasteiger partial charge in [0.15, 0.2) is 21.3 Å². The van der Waals surface area contributed by atoms with Gasteiger partial charge in [0.05, 0.1) is 36.5 Å². The molecule has 1 aliphatic rings. The number of benzene rings is 2. The van der Waals surface area contributed by atoms with Crippen LogP contribution >= 0.6 is 0 Å². The van der Waals surface area contributed by atoms with Crippen molar-refractivity contribution in [3.05, 3.63) is 64.9 Å². The molecule has 0 fully saturated rings. The second kappa shape index (κ2) is 9.38. The zero-order valence-corrected chi connectivity index (χ0v) is 20.4. The van der Waals surface area contributed by atoms with E-state index < -0.39 is 33.6 Å². The molecule has 9 nitrogen and oxygen atoms in total. The van der Waals surface area contributed by atoms with E-state index in [1.165, 1.54) is 37.4 Å². The van der Waals surface area contributed by atoms with Gasteiger partial charge in [0.2, 0.25) is 0 Å². The second-order valence-corrected chi connectivity index (χ2v) is 10.9. The lowest BCUT2D eigenvalue weighted by molar-refractivity contribution is -0.136. The van der Waals surface area contributed by atoms with Crippen molar-refractivity contribution in [3.63, 3.8) is 0 Å². The van der Waals surface area contributed by atoms with Crippen LogP contribution in [0.15, 0.2) is 58.6 Å². The van der Waals surface area contributed by atoms with E-state index in [2.05, 4.69) is 10.6 Å². The van der Waals surface area contributed by atoms with Gasteiger partial charge in [-0.1, -0.05) is 39.0 Å². The molecule has 2 aromatic rings. The van der Waals surface area contributed by atoms with Crippen LogP contribution in [-0.2, 0) is 24.8 Å². The van der Waals surface area contributed by atoms with Crippen LogP contribution in [0.1, 0.15) is 37.9 Å². The summed E-state index contributed by atoms with van der Waals surface area (Å²) in [5, 5.41) is 15.0. The Kier molecular flexibility index (Phi) is 6.92. The third-order valence-electron chi connectivity index (χ3n) is 5.51. The van der Waals surface area contributed by atoms with Gasteiger partial charge in [-0.25, -0.2) is 18.0 Å². The molecule has 0 aliphatic carbocycles. The topological polar surface area (TPSA) is 131 Å². The Morgan fingerprint density at radius 2 is 1.74 bits per heavy atom. The molecule has 182 valence electrons. The van der Waals surface area contributed by atoms with E-state index in [4.69, 9.17) is 9.47 Å². The largest absolute Gasteiger partial charge is 0.504 e. The maximum atomic E-state index is 13.2. The van der Waals surface area contributed by atoms with Crippen molar-refractivity contribution in [2.24, 2.45) is 0 Å². The van der Waals surface area contributed by atoms with E-state index >= 15 is 0 Å². The van der Waals surface area contributed by atoms with Gasteiger partial charge in [-0.2, -0.15) is 0 Å². The van der Waals surface area contributed by atoms with Crippen molar-refractivity contribution >= 4 is 21.8 Å². The molecule has 2 aromatic carbocycles. The maximum absolute atomic E-state index is 13.2. The van der Waals surface area contributed by atoms with Crippen LogP contribution in [0.25, 0.3) is 0 Å². The fourth-order valence-corrected chi connectivity index (χ4v) is 4.97. The minimum absolute atomic E-state index is 0.0628. The fourth-order valence-electron chi connectivity index (χ4n) is 3.64. The Morgan fingerprint density at radius 3 is 2.29 bits per heavy atom. The Morgan fingerprint density at radius 1 is 1.09 bits per heavy atom. The number of methoxy groups -OCH3 is 2. The van der Waals surface area contributed by atoms with Crippen LogP contribution in [-0.4, -0.2) is 45.5 Å². The number of phenols is 1. The number of phenolic OH excluding ortho intramolecular Hbond substituents is 1. The zero-order chi connectivity index (χ0) is 25.3. The number of urea groups is 1. The molecule has 2 amide bonds. The van der Waals surface area contributed by atoms with Crippen molar-refractivity contribution in [2.45, 2.75) is 37.1 Å². The SMILES string of the molecule is COC(=O)C1=C(CS(=O)(=O)c2ccc(C(C)(C)C)cc2)NC(=O)NC1c1ccc(O)c(OC)c1. The van der Waals surface area contributed by atoms with E-state index in [-0.39, 0.29) is 33.1 Å². The first-order valence-corrected chi connectivity index (χ1v) is 12.1. The Bertz CT molecular complexity index is 1240. The molecule has 0 aromatic heterocycles. The predicted octanol–water partition coefficient (Wildman–Crippen LogP) is 2.95. The number of carbonyl (C=O) groups is 2. The molecule has 34 heavy (non-hydrogen) atoms. The molecule has 0 saturated carbocycles. The van der Waals surface area contributed by atoms with E-state index in [0.717, 1.165) is 12.7 Å². The molecule has 0 radical (unpaired) electrons. The van der Waals surface area contributed by atoms with Crippen molar-refractivity contribution in [1.82, 2.24) is 10.6 Å². The number of hydrogen-bond acceptors (Lipinski definition) is 7. The number of carbonyl (C=O) groups excluding carboxylic acids is 2. The average molecular weight is 489 g/mol. The summed E-state index contributed by atoms with van der Waals surface area (Å²) < 4.78 is 36.4. The Labute approximate surface area is 198 Å². The molecule has 1 unspecified atom stereocenters. The maximum Gasteiger partial charge on any atom is 0.338 e. The first-order chi connectivity index (χ1) is 15.9. The first-order valence-electron chi connectivity index (χ1n) is 10.5. The third-order valence-corrected chi connectivity index (χ3v) is 7.17. The Balaban J connectivity index is 2.07. The van der Waals surface area contributed by atoms with E-state index in [1.807, 2.05) is 20.8 Å². The summed E-state index contributed by atoms with van der Waals surface area (Å²) in [5.74, 6) is -1.43. The highest BCUT2D eigenvalue weighted by molar-refractivity contribution is 7.91. The lowest BCUT2D eigenvalue weighted by Crippen LogP contribution is -2.47. The molecule has 1 aliphatic heterocycles.